The molecule has 5 heteroatoms. The highest BCUT2D eigenvalue weighted by Gasteiger charge is 2.19. The van der Waals surface area contributed by atoms with E-state index >= 15 is 0 Å². The van der Waals surface area contributed by atoms with E-state index in [0.717, 1.165) is 12.8 Å². The number of aliphatic hydroxyl groups is 2. The highest BCUT2D eigenvalue weighted by molar-refractivity contribution is 4.94. The Morgan fingerprint density at radius 2 is 1.48 bits per heavy atom. The molecule has 0 heterocycles. The van der Waals surface area contributed by atoms with Crippen LogP contribution in [0.5, 0.6) is 0 Å². The maximum Gasteiger partial charge on any atom is 0.214 e. The number of nitrogens with one attached hydrogen (secondary N) is 1. The summed E-state index contributed by atoms with van der Waals surface area (Å²) >= 11 is 0. The molecule has 0 aromatic rings. The summed E-state index contributed by atoms with van der Waals surface area (Å²) in [6, 6.07) is -0.721. The van der Waals surface area contributed by atoms with Gasteiger partial charge in [-0.15, -0.1) is 0 Å². The molecular weight excluding hydrogens is 290 g/mol. The number of hydrogen-bond acceptors (Lipinski definition) is 4. The smallest absolute Gasteiger partial charge is 0.214 e. The standard InChI is InChI=1S/C18H36N3O2/c1-2-3-4-5-6-7-8-9-10-11-12-13-14-15-18(23)17(16-22)20-21-19/h14-15,17-19,22-23H,2-13,16H2,1H3/q+1/t17-,18+/m0/s1. The second-order valence-corrected chi connectivity index (χ2v) is 6.21. The lowest BCUT2D eigenvalue weighted by Gasteiger charge is -2.06. The first-order valence-electron chi connectivity index (χ1n) is 9.28. The van der Waals surface area contributed by atoms with Gasteiger partial charge in [0, 0.05) is 0 Å². The third kappa shape index (κ3) is 14.3. The van der Waals surface area contributed by atoms with Gasteiger partial charge in [0.1, 0.15) is 16.7 Å². The SMILES string of the molecule is CCCCCCCCCCCCCC=C[C@@H](O)[C@H](CO)N=[N+]=N. The molecule has 23 heavy (non-hydrogen) atoms. The summed E-state index contributed by atoms with van der Waals surface area (Å²) < 4.78 is 0. The van der Waals surface area contributed by atoms with Crippen molar-refractivity contribution in [2.24, 2.45) is 5.11 Å². The van der Waals surface area contributed by atoms with Gasteiger partial charge >= 0.3 is 0 Å². The van der Waals surface area contributed by atoms with Crippen LogP contribution < -0.4 is 4.91 Å². The van der Waals surface area contributed by atoms with E-state index < -0.39 is 12.1 Å². The van der Waals surface area contributed by atoms with Crippen LogP contribution in [0.3, 0.4) is 0 Å². The van der Waals surface area contributed by atoms with Gasteiger partial charge in [0.05, 0.1) is 6.61 Å². The number of rotatable bonds is 16. The van der Waals surface area contributed by atoms with Crippen LogP contribution in [0.2, 0.25) is 0 Å². The molecule has 0 radical (unpaired) electrons. The lowest BCUT2D eigenvalue weighted by Crippen LogP contribution is -2.25. The summed E-state index contributed by atoms with van der Waals surface area (Å²) in [5.41, 5.74) is 6.62. The van der Waals surface area contributed by atoms with Crippen LogP contribution in [0.25, 0.3) is 0 Å². The van der Waals surface area contributed by atoms with Crippen LogP contribution in [0.15, 0.2) is 17.3 Å². The van der Waals surface area contributed by atoms with Crippen molar-refractivity contribution in [2.45, 2.75) is 96.1 Å². The Kier molecular flexibility index (Phi) is 16.5. The number of allylic oxidation sites excluding steroid dienone is 1. The lowest BCUT2D eigenvalue weighted by molar-refractivity contribution is 0.140. The van der Waals surface area contributed by atoms with Crippen molar-refractivity contribution in [3.8, 4) is 0 Å². The number of aliphatic hydroxyl groups excluding tert-OH is 2. The molecule has 0 aromatic heterocycles. The van der Waals surface area contributed by atoms with Gasteiger partial charge in [-0.2, -0.15) is 0 Å². The highest BCUT2D eigenvalue weighted by atomic mass is 16.3. The first-order chi connectivity index (χ1) is 11.3. The zero-order chi connectivity index (χ0) is 17.2. The molecule has 0 saturated heterocycles. The Morgan fingerprint density at radius 1 is 0.957 bits per heavy atom. The quantitative estimate of drug-likeness (QED) is 0.168. The van der Waals surface area contributed by atoms with Gasteiger partial charge in [0.2, 0.25) is 4.91 Å². The molecule has 0 aliphatic heterocycles. The summed E-state index contributed by atoms with van der Waals surface area (Å²) in [6.07, 6.45) is 18.3. The van der Waals surface area contributed by atoms with Crippen molar-refractivity contribution >= 4 is 0 Å². The third-order valence-electron chi connectivity index (χ3n) is 4.09. The molecule has 134 valence electrons. The van der Waals surface area contributed by atoms with Crippen molar-refractivity contribution < 1.29 is 10.2 Å². The fraction of sp³-hybridized carbons (Fsp3) is 0.889. The van der Waals surface area contributed by atoms with Crippen LogP contribution in [-0.2, 0) is 0 Å². The van der Waals surface area contributed by atoms with E-state index in [1.165, 1.54) is 64.2 Å². The first-order valence-corrected chi connectivity index (χ1v) is 9.28. The second-order valence-electron chi connectivity index (χ2n) is 6.21. The van der Waals surface area contributed by atoms with Crippen molar-refractivity contribution in [3.05, 3.63) is 12.2 Å². The molecule has 2 atom stereocenters. The summed E-state index contributed by atoms with van der Waals surface area (Å²) in [5, 5.41) is 22.2. The van der Waals surface area contributed by atoms with Crippen LogP contribution in [0.4, 0.5) is 0 Å². The minimum atomic E-state index is -0.859. The Morgan fingerprint density at radius 3 is 1.96 bits per heavy atom. The van der Waals surface area contributed by atoms with E-state index in [-0.39, 0.29) is 6.61 Å². The summed E-state index contributed by atoms with van der Waals surface area (Å²) in [4.78, 5) is 2.86. The van der Waals surface area contributed by atoms with Crippen molar-refractivity contribution in [1.29, 1.82) is 5.53 Å². The molecule has 0 aliphatic rings. The van der Waals surface area contributed by atoms with Crippen molar-refractivity contribution in [2.75, 3.05) is 6.61 Å². The van der Waals surface area contributed by atoms with Crippen LogP contribution in [0.1, 0.15) is 84.0 Å². The Balaban J connectivity index is 3.41. The van der Waals surface area contributed by atoms with E-state index in [9.17, 15) is 5.11 Å². The van der Waals surface area contributed by atoms with E-state index in [4.69, 9.17) is 10.6 Å². The largest absolute Gasteiger partial charge is 0.394 e. The number of nitrogens with zero attached hydrogens (tertiary/aromatic N) is 2. The molecule has 0 spiro atoms. The Bertz CT molecular complexity index is 328. The van der Waals surface area contributed by atoms with E-state index in [1.807, 2.05) is 6.08 Å². The van der Waals surface area contributed by atoms with Crippen LogP contribution in [-0.4, -0.2) is 29.0 Å². The maximum atomic E-state index is 9.73. The molecule has 0 amide bonds. The third-order valence-corrected chi connectivity index (χ3v) is 4.09. The highest BCUT2D eigenvalue weighted by Crippen LogP contribution is 2.12. The van der Waals surface area contributed by atoms with Gasteiger partial charge in [0.25, 0.3) is 0 Å². The predicted molar refractivity (Wildman–Crippen MR) is 94.4 cm³/mol. The Hall–Kier alpha value is -1.03. The summed E-state index contributed by atoms with van der Waals surface area (Å²) in [6.45, 7) is 1.95. The van der Waals surface area contributed by atoms with E-state index in [0.29, 0.717) is 0 Å². The van der Waals surface area contributed by atoms with Crippen molar-refractivity contribution in [1.82, 2.24) is 4.91 Å². The first kappa shape index (κ1) is 22.0. The predicted octanol–water partition coefficient (Wildman–Crippen LogP) is 4.52. The topological polar surface area (TPSA) is 90.8 Å². The van der Waals surface area contributed by atoms with Gasteiger partial charge in [-0.3, -0.25) is 0 Å². The second kappa shape index (κ2) is 17.3. The van der Waals surface area contributed by atoms with Gasteiger partial charge in [0.15, 0.2) is 6.04 Å². The van der Waals surface area contributed by atoms with Gasteiger partial charge < -0.3 is 10.2 Å². The molecule has 0 fully saturated rings. The fourth-order valence-corrected chi connectivity index (χ4v) is 2.58. The molecule has 0 aromatic carbocycles. The normalized spacial score (nSPS) is 13.9. The van der Waals surface area contributed by atoms with Gasteiger partial charge in [-0.25, -0.2) is 0 Å². The number of unbranched alkanes of at least 4 members (excludes halogenated alkanes) is 11. The van der Waals surface area contributed by atoms with Crippen LogP contribution >= 0.6 is 0 Å². The molecule has 0 rings (SSSR count). The average molecular weight is 327 g/mol. The monoisotopic (exact) mass is 326 g/mol. The lowest BCUT2D eigenvalue weighted by atomic mass is 10.0. The minimum absolute atomic E-state index is 0.299. The molecule has 5 nitrogen and oxygen atoms in total. The van der Waals surface area contributed by atoms with Crippen LogP contribution in [0, 0.1) is 5.53 Å². The molecule has 0 bridgehead atoms. The molecular formula is C18H36N3O2+. The molecule has 0 unspecified atom stereocenters. The molecule has 0 saturated carbocycles. The zero-order valence-corrected chi connectivity index (χ0v) is 14.8. The zero-order valence-electron chi connectivity index (χ0n) is 14.8. The fourth-order valence-electron chi connectivity index (χ4n) is 2.58. The van der Waals surface area contributed by atoms with E-state index in [2.05, 4.69) is 16.9 Å². The number of hydrogen-bond donors (Lipinski definition) is 3. The van der Waals surface area contributed by atoms with Gasteiger partial charge in [-0.05, 0) is 12.8 Å². The maximum absolute atomic E-state index is 9.73. The van der Waals surface area contributed by atoms with E-state index in [1.54, 1.807) is 6.08 Å². The minimum Gasteiger partial charge on any atom is -0.394 e. The average Bonchev–Trinajstić information content (AvgIpc) is 2.56. The molecule has 0 aliphatic carbocycles. The summed E-state index contributed by atoms with van der Waals surface area (Å²) in [5.74, 6) is 0. The Labute approximate surface area is 141 Å². The van der Waals surface area contributed by atoms with Gasteiger partial charge in [-0.1, -0.05) is 83.3 Å². The molecule has 3 N–H and O–H groups in total. The summed E-state index contributed by atoms with van der Waals surface area (Å²) in [7, 11) is 0. The van der Waals surface area contributed by atoms with Crippen molar-refractivity contribution in [3.63, 3.8) is 0 Å².